The summed E-state index contributed by atoms with van der Waals surface area (Å²) in [6.45, 7) is 6.37. The lowest BCUT2D eigenvalue weighted by molar-refractivity contribution is -0.145. The Kier molecular flexibility index (Phi) is 11.1. The second-order valence-electron chi connectivity index (χ2n) is 11.8. The Morgan fingerprint density at radius 1 is 1.05 bits per heavy atom. The molecule has 0 saturated carbocycles. The molecule has 3 N–H and O–H groups in total. The minimum atomic E-state index is -1.24. The molecule has 2 saturated heterocycles. The summed E-state index contributed by atoms with van der Waals surface area (Å²) in [5.41, 5.74) is 1.03. The first-order chi connectivity index (χ1) is 21.4. The van der Waals surface area contributed by atoms with Crippen molar-refractivity contribution in [2.24, 2.45) is 4.99 Å². The molecule has 1 aromatic carbocycles. The molecule has 0 bridgehead atoms. The lowest BCUT2D eigenvalue weighted by Crippen LogP contribution is -2.64. The highest BCUT2D eigenvalue weighted by Gasteiger charge is 2.41. The number of carbonyl (C=O) groups excluding carboxylic acids is 2. The predicted molar refractivity (Wildman–Crippen MR) is 169 cm³/mol. The molecule has 5 rings (SSSR count). The van der Waals surface area contributed by atoms with Crippen LogP contribution < -0.4 is 10.6 Å². The van der Waals surface area contributed by atoms with Crippen molar-refractivity contribution in [3.8, 4) is 0 Å². The van der Waals surface area contributed by atoms with Crippen LogP contribution in [0.2, 0.25) is 0 Å². The van der Waals surface area contributed by atoms with E-state index in [1.807, 2.05) is 59.7 Å². The van der Waals surface area contributed by atoms with E-state index in [2.05, 4.69) is 15.5 Å². The van der Waals surface area contributed by atoms with Gasteiger partial charge in [-0.05, 0) is 75.7 Å². The maximum absolute atomic E-state index is 13.9. The standard InChI is InChI=1S/C32H44N6O5S/c1-23-28(24-11-4-2-5-12-24)43-31(34-23)37-18-19-38(27(22-37)29(39)33-21-25-13-10-20-44-25)30(40)26(35-32(41)42)14-6-9-17-36-15-7-3-8-16-36/h2,4-5,10-13,20,23,26-28,35H,3,6-9,14-19,21-22H2,1H3,(H,33,39)(H,41,42)/t23-,26+,27-,28+/m0/s1. The first-order valence-electron chi connectivity index (χ1n) is 15.8. The van der Waals surface area contributed by atoms with Gasteiger partial charge in [0.1, 0.15) is 18.2 Å². The number of likely N-dealkylation sites (tertiary alicyclic amines) is 1. The number of hydrogen-bond acceptors (Lipinski definition) is 8. The van der Waals surface area contributed by atoms with E-state index in [1.54, 1.807) is 16.2 Å². The smallest absolute Gasteiger partial charge is 0.405 e. The summed E-state index contributed by atoms with van der Waals surface area (Å²) in [6.07, 6.45) is 4.22. The number of nitrogens with one attached hydrogen (secondary N) is 2. The van der Waals surface area contributed by atoms with Crippen molar-refractivity contribution in [1.29, 1.82) is 0 Å². The fraction of sp³-hybridized carbons (Fsp3) is 0.562. The summed E-state index contributed by atoms with van der Waals surface area (Å²) < 4.78 is 6.31. The summed E-state index contributed by atoms with van der Waals surface area (Å²) >= 11 is 1.55. The lowest BCUT2D eigenvalue weighted by Gasteiger charge is -2.42. The third-order valence-corrected chi connectivity index (χ3v) is 9.50. The second kappa shape index (κ2) is 15.4. The molecule has 0 unspecified atom stereocenters. The normalized spacial score (nSPS) is 23.0. The number of ether oxygens (including phenoxy) is 1. The molecule has 2 aromatic rings. The Morgan fingerprint density at radius 2 is 1.84 bits per heavy atom. The zero-order valence-electron chi connectivity index (χ0n) is 25.4. The SMILES string of the molecule is C[C@@H]1N=C(N2CCN(C(=O)[C@@H](CCCCN3CCCCC3)NC(=O)O)[C@H](C(=O)NCc3cccs3)C2)O[C@H]1c1ccccc1. The maximum Gasteiger partial charge on any atom is 0.405 e. The summed E-state index contributed by atoms with van der Waals surface area (Å²) in [4.78, 5) is 51.0. The van der Waals surface area contributed by atoms with Crippen molar-refractivity contribution in [1.82, 2.24) is 25.3 Å². The van der Waals surface area contributed by atoms with Gasteiger partial charge in [-0.25, -0.2) is 9.79 Å². The van der Waals surface area contributed by atoms with Crippen LogP contribution in [0.1, 0.15) is 62.0 Å². The average molecular weight is 625 g/mol. The summed E-state index contributed by atoms with van der Waals surface area (Å²) in [5.74, 6) is -0.659. The zero-order chi connectivity index (χ0) is 30.9. The van der Waals surface area contributed by atoms with Crippen LogP contribution >= 0.6 is 11.3 Å². The van der Waals surface area contributed by atoms with E-state index in [4.69, 9.17) is 9.73 Å². The number of hydrogen-bond donors (Lipinski definition) is 3. The van der Waals surface area contributed by atoms with Crippen molar-refractivity contribution in [2.75, 3.05) is 39.3 Å². The van der Waals surface area contributed by atoms with Crippen LogP contribution in [0.5, 0.6) is 0 Å². The van der Waals surface area contributed by atoms with E-state index < -0.39 is 18.2 Å². The van der Waals surface area contributed by atoms with Gasteiger partial charge in [-0.2, -0.15) is 0 Å². The van der Waals surface area contributed by atoms with Crippen LogP contribution in [0.25, 0.3) is 0 Å². The van der Waals surface area contributed by atoms with Gasteiger partial charge in [0, 0.05) is 18.0 Å². The lowest BCUT2D eigenvalue weighted by atomic mass is 10.0. The minimum Gasteiger partial charge on any atom is -0.465 e. The average Bonchev–Trinajstić information content (AvgIpc) is 3.71. The number of carbonyl (C=O) groups is 3. The molecule has 3 aliphatic rings. The third kappa shape index (κ3) is 8.29. The molecule has 3 aliphatic heterocycles. The number of unbranched alkanes of at least 4 members (excludes halogenated alkanes) is 1. The van der Waals surface area contributed by atoms with Gasteiger partial charge in [-0.1, -0.05) is 42.8 Å². The fourth-order valence-electron chi connectivity index (χ4n) is 6.25. The number of carboxylic acid groups (broad SMARTS) is 1. The van der Waals surface area contributed by atoms with Gasteiger partial charge in [-0.3, -0.25) is 9.59 Å². The van der Waals surface area contributed by atoms with Crippen LogP contribution in [0, 0.1) is 0 Å². The van der Waals surface area contributed by atoms with Crippen LogP contribution in [0.15, 0.2) is 52.8 Å². The maximum atomic E-state index is 13.9. The second-order valence-corrected chi connectivity index (χ2v) is 12.8. The van der Waals surface area contributed by atoms with Crippen molar-refractivity contribution >= 4 is 35.3 Å². The first kappa shape index (κ1) is 31.8. The molecule has 0 aliphatic carbocycles. The summed E-state index contributed by atoms with van der Waals surface area (Å²) in [5, 5.41) is 17.0. The predicted octanol–water partition coefficient (Wildman–Crippen LogP) is 3.69. The molecule has 12 heteroatoms. The van der Waals surface area contributed by atoms with E-state index in [0.29, 0.717) is 32.0 Å². The summed E-state index contributed by atoms with van der Waals surface area (Å²) in [7, 11) is 0. The molecule has 238 valence electrons. The van der Waals surface area contributed by atoms with Gasteiger partial charge in [0.05, 0.1) is 19.1 Å². The number of benzene rings is 1. The molecule has 0 radical (unpaired) electrons. The van der Waals surface area contributed by atoms with E-state index >= 15 is 0 Å². The van der Waals surface area contributed by atoms with E-state index in [0.717, 1.165) is 36.5 Å². The van der Waals surface area contributed by atoms with E-state index in [1.165, 1.54) is 19.3 Å². The quantitative estimate of drug-likeness (QED) is 0.326. The van der Waals surface area contributed by atoms with Crippen molar-refractivity contribution in [3.63, 3.8) is 0 Å². The topological polar surface area (TPSA) is 127 Å². The highest BCUT2D eigenvalue weighted by atomic mass is 32.1. The Morgan fingerprint density at radius 3 is 2.57 bits per heavy atom. The fourth-order valence-corrected chi connectivity index (χ4v) is 6.90. The van der Waals surface area contributed by atoms with Crippen molar-refractivity contribution < 1.29 is 24.2 Å². The molecule has 44 heavy (non-hydrogen) atoms. The molecule has 1 aromatic heterocycles. The van der Waals surface area contributed by atoms with E-state index in [-0.39, 0.29) is 37.0 Å². The summed E-state index contributed by atoms with van der Waals surface area (Å²) in [6, 6.07) is 12.4. The molecule has 4 heterocycles. The molecular weight excluding hydrogens is 580 g/mol. The molecule has 11 nitrogen and oxygen atoms in total. The number of rotatable bonds is 11. The number of aliphatic imine (C=N–C) groups is 1. The first-order valence-corrected chi connectivity index (χ1v) is 16.6. The molecular formula is C32H44N6O5S. The Hall–Kier alpha value is -3.64. The van der Waals surface area contributed by atoms with Crippen LogP contribution in [-0.4, -0.2) is 101 Å². The van der Waals surface area contributed by atoms with Gasteiger partial charge in [-0.15, -0.1) is 11.3 Å². The number of piperazine rings is 1. The number of nitrogens with zero attached hydrogens (tertiary/aromatic N) is 4. The van der Waals surface area contributed by atoms with Crippen LogP contribution in [0.3, 0.4) is 0 Å². The van der Waals surface area contributed by atoms with Crippen LogP contribution in [0.4, 0.5) is 4.79 Å². The monoisotopic (exact) mass is 624 g/mol. The number of amidine groups is 1. The zero-order valence-corrected chi connectivity index (χ0v) is 26.2. The van der Waals surface area contributed by atoms with Gasteiger partial charge in [0.15, 0.2) is 0 Å². The Bertz CT molecular complexity index is 1270. The van der Waals surface area contributed by atoms with Gasteiger partial charge >= 0.3 is 6.09 Å². The Balaban J connectivity index is 1.26. The van der Waals surface area contributed by atoms with Crippen molar-refractivity contribution in [2.45, 2.75) is 76.2 Å². The number of amides is 3. The van der Waals surface area contributed by atoms with E-state index in [9.17, 15) is 19.5 Å². The highest BCUT2D eigenvalue weighted by molar-refractivity contribution is 7.09. The van der Waals surface area contributed by atoms with Crippen molar-refractivity contribution in [3.05, 3.63) is 58.3 Å². The highest BCUT2D eigenvalue weighted by Crippen LogP contribution is 2.30. The largest absolute Gasteiger partial charge is 0.465 e. The number of thiophene rings is 1. The minimum absolute atomic E-state index is 0.104. The molecule has 0 spiro atoms. The Labute approximate surface area is 263 Å². The molecule has 2 fully saturated rings. The van der Waals surface area contributed by atoms with Gasteiger partial charge in [0.25, 0.3) is 6.02 Å². The molecule has 3 amide bonds. The van der Waals surface area contributed by atoms with Crippen LogP contribution in [-0.2, 0) is 20.9 Å². The third-order valence-electron chi connectivity index (χ3n) is 8.63. The van der Waals surface area contributed by atoms with Gasteiger partial charge < -0.3 is 35.2 Å². The van der Waals surface area contributed by atoms with Gasteiger partial charge in [0.2, 0.25) is 11.8 Å². The number of piperidine rings is 1. The molecule has 4 atom stereocenters.